The number of allylic oxidation sites excluding steroid dienone is 2. The Labute approximate surface area is 170 Å². The summed E-state index contributed by atoms with van der Waals surface area (Å²) in [5.41, 5.74) is 0.775. The van der Waals surface area contributed by atoms with Gasteiger partial charge in [0.15, 0.2) is 0 Å². The Morgan fingerprint density at radius 3 is 2.68 bits per heavy atom. The van der Waals surface area contributed by atoms with E-state index in [2.05, 4.69) is 13.0 Å². The number of hydrogen-bond donors (Lipinski definition) is 1. The number of ether oxygens (including phenoxy) is 2. The molecule has 28 heavy (non-hydrogen) atoms. The average Bonchev–Trinajstić information content (AvgIpc) is 2.74. The third kappa shape index (κ3) is 7.88. The molecule has 1 rings (SSSR count). The van der Waals surface area contributed by atoms with E-state index < -0.39 is 11.2 Å². The van der Waals surface area contributed by atoms with Crippen molar-refractivity contribution >= 4 is 12.3 Å². The topological polar surface area (TPSA) is 72.8 Å². The van der Waals surface area contributed by atoms with Gasteiger partial charge < -0.3 is 14.6 Å². The van der Waals surface area contributed by atoms with Gasteiger partial charge in [-0.15, -0.1) is 0 Å². The lowest BCUT2D eigenvalue weighted by Gasteiger charge is -2.36. The van der Waals surface area contributed by atoms with Crippen molar-refractivity contribution in [1.82, 2.24) is 0 Å². The van der Waals surface area contributed by atoms with Gasteiger partial charge in [0.1, 0.15) is 18.0 Å². The summed E-state index contributed by atoms with van der Waals surface area (Å²) >= 11 is 0. The van der Waals surface area contributed by atoms with Crippen molar-refractivity contribution in [3.8, 4) is 0 Å². The molecule has 0 amide bonds. The summed E-state index contributed by atoms with van der Waals surface area (Å²) in [6, 6.07) is 0. The van der Waals surface area contributed by atoms with Crippen LogP contribution in [0, 0.1) is 5.92 Å². The zero-order valence-corrected chi connectivity index (χ0v) is 18.4. The van der Waals surface area contributed by atoms with E-state index in [4.69, 9.17) is 9.47 Å². The van der Waals surface area contributed by atoms with E-state index in [1.54, 1.807) is 6.08 Å². The second kappa shape index (κ2) is 10.9. The first-order chi connectivity index (χ1) is 13.0. The predicted octanol–water partition coefficient (Wildman–Crippen LogP) is 4.53. The van der Waals surface area contributed by atoms with E-state index in [-0.39, 0.29) is 18.0 Å². The molecule has 1 aliphatic rings. The van der Waals surface area contributed by atoms with Crippen molar-refractivity contribution in [1.29, 1.82) is 0 Å². The molecule has 0 aliphatic carbocycles. The fourth-order valence-corrected chi connectivity index (χ4v) is 3.57. The van der Waals surface area contributed by atoms with Crippen LogP contribution in [-0.2, 0) is 19.1 Å². The Morgan fingerprint density at radius 1 is 1.43 bits per heavy atom. The predicted molar refractivity (Wildman–Crippen MR) is 111 cm³/mol. The van der Waals surface area contributed by atoms with Crippen LogP contribution in [0.5, 0.6) is 0 Å². The van der Waals surface area contributed by atoms with Crippen molar-refractivity contribution in [3.63, 3.8) is 0 Å². The molecule has 0 spiro atoms. The lowest BCUT2D eigenvalue weighted by Crippen LogP contribution is -2.44. The first kappa shape index (κ1) is 24.6. The molecule has 1 saturated heterocycles. The summed E-state index contributed by atoms with van der Waals surface area (Å²) in [6.45, 7) is 11.8. The van der Waals surface area contributed by atoms with Crippen LogP contribution in [-0.4, -0.2) is 41.3 Å². The van der Waals surface area contributed by atoms with Crippen LogP contribution < -0.4 is 0 Å². The largest absolute Gasteiger partial charge is 0.459 e. The Bertz CT molecular complexity index is 586. The first-order valence-corrected chi connectivity index (χ1v) is 10.3. The van der Waals surface area contributed by atoms with E-state index in [1.165, 1.54) is 12.5 Å². The van der Waals surface area contributed by atoms with Crippen LogP contribution in [0.25, 0.3) is 0 Å². The molecule has 0 aromatic rings. The Kier molecular flexibility index (Phi) is 9.58. The third-order valence-electron chi connectivity index (χ3n) is 5.90. The van der Waals surface area contributed by atoms with E-state index in [0.29, 0.717) is 25.9 Å². The molecule has 0 aromatic heterocycles. The number of esters is 1. The SMILES string of the molecule is CC(=O)O[C@@H]1CCC(=CC=O)CO[C@@]1(C)CCCC(C)C(C)(O)CC=C(C)C. The van der Waals surface area contributed by atoms with Crippen LogP contribution in [0.1, 0.15) is 80.1 Å². The molecule has 0 saturated carbocycles. The molecular weight excluding hydrogens is 356 g/mol. The second-order valence-corrected chi connectivity index (χ2v) is 8.84. The molecule has 0 radical (unpaired) electrons. The molecule has 1 heterocycles. The van der Waals surface area contributed by atoms with Gasteiger partial charge in [0, 0.05) is 6.92 Å². The quantitative estimate of drug-likeness (QED) is 0.269. The molecule has 5 nitrogen and oxygen atoms in total. The molecule has 1 fully saturated rings. The summed E-state index contributed by atoms with van der Waals surface area (Å²) in [4.78, 5) is 22.4. The van der Waals surface area contributed by atoms with E-state index >= 15 is 0 Å². The summed E-state index contributed by atoms with van der Waals surface area (Å²) in [6.07, 6.45) is 8.44. The van der Waals surface area contributed by atoms with Crippen LogP contribution >= 0.6 is 0 Å². The highest BCUT2D eigenvalue weighted by Crippen LogP contribution is 2.35. The van der Waals surface area contributed by atoms with E-state index in [1.807, 2.05) is 27.7 Å². The minimum Gasteiger partial charge on any atom is -0.459 e. The van der Waals surface area contributed by atoms with Crippen LogP contribution in [0.4, 0.5) is 0 Å². The average molecular weight is 395 g/mol. The maximum atomic E-state index is 11.6. The maximum Gasteiger partial charge on any atom is 0.303 e. The molecule has 0 aromatic carbocycles. The van der Waals surface area contributed by atoms with Crippen molar-refractivity contribution in [2.45, 2.75) is 97.4 Å². The normalized spacial score (nSPS) is 27.4. The molecule has 5 heteroatoms. The molecule has 0 bridgehead atoms. The van der Waals surface area contributed by atoms with Gasteiger partial charge in [0.2, 0.25) is 0 Å². The standard InChI is InChI=1S/C23H38O5/c1-17(2)11-14-22(5,26)18(3)8-7-13-23(6)21(28-19(4)25)10-9-20(12-15-24)16-27-23/h11-12,15,18,21,26H,7-10,13-14,16H2,1-6H3/t18?,21-,22?,23+/m1/s1. The third-order valence-corrected chi connectivity index (χ3v) is 5.90. The zero-order chi connectivity index (χ0) is 21.4. The second-order valence-electron chi connectivity index (χ2n) is 8.84. The van der Waals surface area contributed by atoms with Gasteiger partial charge >= 0.3 is 5.97 Å². The summed E-state index contributed by atoms with van der Waals surface area (Å²) < 4.78 is 11.7. The maximum absolute atomic E-state index is 11.6. The molecular formula is C23H38O5. The minimum absolute atomic E-state index is 0.134. The summed E-state index contributed by atoms with van der Waals surface area (Å²) in [7, 11) is 0. The summed E-state index contributed by atoms with van der Waals surface area (Å²) in [5, 5.41) is 10.8. The number of rotatable bonds is 9. The van der Waals surface area contributed by atoms with E-state index in [9.17, 15) is 14.7 Å². The monoisotopic (exact) mass is 394 g/mol. The Hall–Kier alpha value is -1.46. The lowest BCUT2D eigenvalue weighted by atomic mass is 9.81. The number of aliphatic hydroxyl groups is 1. The van der Waals surface area contributed by atoms with Gasteiger partial charge in [-0.25, -0.2) is 0 Å². The zero-order valence-electron chi connectivity index (χ0n) is 18.4. The Balaban J connectivity index is 2.75. The highest BCUT2D eigenvalue weighted by atomic mass is 16.6. The van der Waals surface area contributed by atoms with Gasteiger partial charge in [-0.2, -0.15) is 0 Å². The first-order valence-electron chi connectivity index (χ1n) is 10.3. The molecule has 4 atom stereocenters. The number of hydrogen-bond acceptors (Lipinski definition) is 5. The van der Waals surface area contributed by atoms with Gasteiger partial charge in [-0.05, 0) is 77.4 Å². The van der Waals surface area contributed by atoms with Gasteiger partial charge in [0.05, 0.1) is 12.2 Å². The van der Waals surface area contributed by atoms with Crippen molar-refractivity contribution in [3.05, 3.63) is 23.3 Å². The molecule has 1 N–H and O–H groups in total. The fraction of sp³-hybridized carbons (Fsp3) is 0.739. The van der Waals surface area contributed by atoms with Crippen molar-refractivity contribution in [2.24, 2.45) is 5.92 Å². The van der Waals surface area contributed by atoms with Crippen LogP contribution in [0.15, 0.2) is 23.3 Å². The van der Waals surface area contributed by atoms with Crippen molar-refractivity contribution < 1.29 is 24.2 Å². The number of carbonyl (C=O) groups excluding carboxylic acids is 2. The van der Waals surface area contributed by atoms with E-state index in [0.717, 1.165) is 31.1 Å². The number of aldehydes is 1. The number of carbonyl (C=O) groups is 2. The smallest absolute Gasteiger partial charge is 0.303 e. The van der Waals surface area contributed by atoms with Crippen LogP contribution in [0.3, 0.4) is 0 Å². The van der Waals surface area contributed by atoms with Gasteiger partial charge in [-0.1, -0.05) is 25.0 Å². The minimum atomic E-state index is -0.752. The highest BCUT2D eigenvalue weighted by molar-refractivity contribution is 5.67. The molecule has 1 aliphatic heterocycles. The molecule has 2 unspecified atom stereocenters. The fourth-order valence-electron chi connectivity index (χ4n) is 3.57. The summed E-state index contributed by atoms with van der Waals surface area (Å²) in [5.74, 6) is -0.184. The van der Waals surface area contributed by atoms with Gasteiger partial charge in [0.25, 0.3) is 0 Å². The highest BCUT2D eigenvalue weighted by Gasteiger charge is 2.40. The lowest BCUT2D eigenvalue weighted by molar-refractivity contribution is -0.168. The Morgan fingerprint density at radius 2 is 2.11 bits per heavy atom. The van der Waals surface area contributed by atoms with Crippen molar-refractivity contribution in [2.75, 3.05) is 6.61 Å². The van der Waals surface area contributed by atoms with Crippen LogP contribution in [0.2, 0.25) is 0 Å². The van der Waals surface area contributed by atoms with Gasteiger partial charge in [-0.3, -0.25) is 9.59 Å². The molecule has 160 valence electrons.